The lowest BCUT2D eigenvalue weighted by Crippen LogP contribution is -2.25. The molecule has 0 radical (unpaired) electrons. The molecule has 124 valence electrons. The number of pyridine rings is 1. The topological polar surface area (TPSA) is 47.8 Å². The molecule has 6 heteroatoms. The molecule has 0 fully saturated rings. The Kier molecular flexibility index (Phi) is 5.21. The molecule has 0 unspecified atom stereocenters. The van der Waals surface area contributed by atoms with E-state index in [4.69, 9.17) is 11.6 Å². The van der Waals surface area contributed by atoms with Crippen molar-refractivity contribution in [2.75, 3.05) is 0 Å². The average Bonchev–Trinajstić information content (AvgIpc) is 2.57. The van der Waals surface area contributed by atoms with Gasteiger partial charge in [0.15, 0.2) is 5.16 Å². The summed E-state index contributed by atoms with van der Waals surface area (Å²) in [5.41, 5.74) is 1.59. The zero-order valence-electron chi connectivity index (χ0n) is 13.6. The Morgan fingerprint density at radius 2 is 2.08 bits per heavy atom. The fourth-order valence-corrected chi connectivity index (χ4v) is 3.53. The van der Waals surface area contributed by atoms with Crippen LogP contribution in [-0.4, -0.2) is 14.5 Å². The second-order valence-electron chi connectivity index (χ2n) is 5.98. The van der Waals surface area contributed by atoms with Crippen molar-refractivity contribution >= 4 is 34.3 Å². The summed E-state index contributed by atoms with van der Waals surface area (Å²) in [6.45, 7) is 4.79. The number of thioether (sulfide) groups is 1. The van der Waals surface area contributed by atoms with Gasteiger partial charge in [-0.15, -0.1) is 0 Å². The standard InChI is InChI=1S/C18H18ClN3OS/c1-12(2)10-22-17(23)15-9-13(19)6-7-16(15)21-18(22)24-11-14-5-3-4-8-20-14/h3-9,12H,10-11H2,1-2H3. The van der Waals surface area contributed by atoms with Crippen LogP contribution in [0.15, 0.2) is 52.5 Å². The van der Waals surface area contributed by atoms with E-state index in [1.807, 2.05) is 18.2 Å². The van der Waals surface area contributed by atoms with Crippen LogP contribution in [0.3, 0.4) is 0 Å². The summed E-state index contributed by atoms with van der Waals surface area (Å²) in [6, 6.07) is 11.1. The van der Waals surface area contributed by atoms with E-state index in [1.54, 1.807) is 29.0 Å². The zero-order chi connectivity index (χ0) is 17.1. The molecule has 0 amide bonds. The van der Waals surface area contributed by atoms with Gasteiger partial charge in [0.1, 0.15) is 0 Å². The SMILES string of the molecule is CC(C)Cn1c(SCc2ccccn2)nc2ccc(Cl)cc2c1=O. The fraction of sp³-hybridized carbons (Fsp3) is 0.278. The molecule has 3 aromatic rings. The molecule has 2 heterocycles. The Morgan fingerprint density at radius 3 is 2.79 bits per heavy atom. The van der Waals surface area contributed by atoms with E-state index >= 15 is 0 Å². The molecule has 0 saturated carbocycles. The minimum absolute atomic E-state index is 0.0419. The van der Waals surface area contributed by atoms with E-state index in [-0.39, 0.29) is 5.56 Å². The third-order valence-electron chi connectivity index (χ3n) is 3.50. The van der Waals surface area contributed by atoms with Gasteiger partial charge in [0.25, 0.3) is 5.56 Å². The Labute approximate surface area is 149 Å². The van der Waals surface area contributed by atoms with Gasteiger partial charge >= 0.3 is 0 Å². The molecule has 4 nitrogen and oxygen atoms in total. The van der Waals surface area contributed by atoms with Crippen LogP contribution in [0.4, 0.5) is 0 Å². The lowest BCUT2D eigenvalue weighted by Gasteiger charge is -2.15. The third kappa shape index (κ3) is 3.79. The highest BCUT2D eigenvalue weighted by Gasteiger charge is 2.13. The van der Waals surface area contributed by atoms with E-state index in [9.17, 15) is 4.79 Å². The number of halogens is 1. The largest absolute Gasteiger partial charge is 0.287 e. The number of fused-ring (bicyclic) bond motifs is 1. The van der Waals surface area contributed by atoms with Crippen molar-refractivity contribution in [2.45, 2.75) is 31.3 Å². The first-order valence-corrected chi connectivity index (χ1v) is 9.14. The van der Waals surface area contributed by atoms with Gasteiger partial charge in [0.05, 0.1) is 16.6 Å². The van der Waals surface area contributed by atoms with Crippen LogP contribution in [0.5, 0.6) is 0 Å². The molecule has 1 aromatic carbocycles. The van der Waals surface area contributed by atoms with Crippen molar-refractivity contribution < 1.29 is 0 Å². The van der Waals surface area contributed by atoms with Gasteiger partial charge in [-0.25, -0.2) is 4.98 Å². The molecular weight excluding hydrogens is 342 g/mol. The normalized spacial score (nSPS) is 11.3. The van der Waals surface area contributed by atoms with E-state index in [2.05, 4.69) is 23.8 Å². The van der Waals surface area contributed by atoms with Crippen LogP contribution in [0.2, 0.25) is 5.02 Å². The minimum atomic E-state index is -0.0419. The number of rotatable bonds is 5. The van der Waals surface area contributed by atoms with Gasteiger partial charge in [-0.05, 0) is 36.2 Å². The maximum atomic E-state index is 12.9. The number of nitrogens with zero attached hydrogens (tertiary/aromatic N) is 3. The Bertz CT molecular complexity index is 909. The fourth-order valence-electron chi connectivity index (χ4n) is 2.43. The van der Waals surface area contributed by atoms with Crippen LogP contribution in [0, 0.1) is 5.92 Å². The Morgan fingerprint density at radius 1 is 1.25 bits per heavy atom. The van der Waals surface area contributed by atoms with Crippen molar-refractivity contribution in [1.29, 1.82) is 0 Å². The van der Waals surface area contributed by atoms with Gasteiger partial charge in [-0.2, -0.15) is 0 Å². The highest BCUT2D eigenvalue weighted by molar-refractivity contribution is 7.98. The number of hydrogen-bond acceptors (Lipinski definition) is 4. The van der Waals surface area contributed by atoms with E-state index < -0.39 is 0 Å². The summed E-state index contributed by atoms with van der Waals surface area (Å²) in [4.78, 5) is 21.9. The monoisotopic (exact) mass is 359 g/mol. The maximum Gasteiger partial charge on any atom is 0.262 e. The van der Waals surface area contributed by atoms with Crippen molar-refractivity contribution in [3.05, 3.63) is 63.7 Å². The molecule has 0 aliphatic heterocycles. The lowest BCUT2D eigenvalue weighted by atomic mass is 10.2. The van der Waals surface area contributed by atoms with Crippen molar-refractivity contribution in [2.24, 2.45) is 5.92 Å². The summed E-state index contributed by atoms with van der Waals surface area (Å²) in [7, 11) is 0. The summed E-state index contributed by atoms with van der Waals surface area (Å²) in [5.74, 6) is 1.01. The van der Waals surface area contributed by atoms with E-state index in [0.717, 1.165) is 5.69 Å². The molecule has 0 bridgehead atoms. The summed E-state index contributed by atoms with van der Waals surface area (Å²) in [6.07, 6.45) is 1.77. The minimum Gasteiger partial charge on any atom is -0.287 e. The molecular formula is C18H18ClN3OS. The molecule has 0 N–H and O–H groups in total. The molecule has 0 aliphatic carbocycles. The first kappa shape index (κ1) is 17.0. The van der Waals surface area contributed by atoms with E-state index in [0.29, 0.717) is 39.3 Å². The van der Waals surface area contributed by atoms with Crippen molar-refractivity contribution in [3.63, 3.8) is 0 Å². The lowest BCUT2D eigenvalue weighted by molar-refractivity contribution is 0.475. The van der Waals surface area contributed by atoms with Gasteiger partial charge in [-0.3, -0.25) is 14.3 Å². The van der Waals surface area contributed by atoms with Crippen LogP contribution in [-0.2, 0) is 12.3 Å². The first-order valence-electron chi connectivity index (χ1n) is 7.77. The number of hydrogen-bond donors (Lipinski definition) is 0. The zero-order valence-corrected chi connectivity index (χ0v) is 15.1. The molecule has 0 atom stereocenters. The summed E-state index contributed by atoms with van der Waals surface area (Å²) < 4.78 is 1.75. The van der Waals surface area contributed by atoms with Gasteiger partial charge in [-0.1, -0.05) is 43.3 Å². The highest BCUT2D eigenvalue weighted by Crippen LogP contribution is 2.23. The second-order valence-corrected chi connectivity index (χ2v) is 7.35. The van der Waals surface area contributed by atoms with Crippen LogP contribution >= 0.6 is 23.4 Å². The molecule has 0 aliphatic rings. The van der Waals surface area contributed by atoms with Gasteiger partial charge < -0.3 is 0 Å². The molecule has 2 aromatic heterocycles. The van der Waals surface area contributed by atoms with E-state index in [1.165, 1.54) is 11.8 Å². The molecule has 0 spiro atoms. The average molecular weight is 360 g/mol. The second kappa shape index (κ2) is 7.36. The quantitative estimate of drug-likeness (QED) is 0.500. The molecule has 0 saturated heterocycles. The predicted octanol–water partition coefficient (Wildman–Crippen LogP) is 4.39. The van der Waals surface area contributed by atoms with Crippen LogP contribution in [0.1, 0.15) is 19.5 Å². The van der Waals surface area contributed by atoms with Crippen LogP contribution in [0.25, 0.3) is 10.9 Å². The molecule has 3 rings (SSSR count). The van der Waals surface area contributed by atoms with Gasteiger partial charge in [0, 0.05) is 23.5 Å². The smallest absolute Gasteiger partial charge is 0.262 e. The first-order chi connectivity index (χ1) is 11.5. The van der Waals surface area contributed by atoms with Crippen molar-refractivity contribution in [3.8, 4) is 0 Å². The third-order valence-corrected chi connectivity index (χ3v) is 4.75. The van der Waals surface area contributed by atoms with Gasteiger partial charge in [0.2, 0.25) is 0 Å². The van der Waals surface area contributed by atoms with Crippen molar-refractivity contribution in [1.82, 2.24) is 14.5 Å². The maximum absolute atomic E-state index is 12.9. The number of aromatic nitrogens is 3. The summed E-state index contributed by atoms with van der Waals surface area (Å²) >= 11 is 7.57. The number of benzene rings is 1. The summed E-state index contributed by atoms with van der Waals surface area (Å²) in [5, 5.41) is 1.82. The highest BCUT2D eigenvalue weighted by atomic mass is 35.5. The van der Waals surface area contributed by atoms with Crippen LogP contribution < -0.4 is 5.56 Å². The Balaban J connectivity index is 2.04. The predicted molar refractivity (Wildman–Crippen MR) is 99.6 cm³/mol. The Hall–Kier alpha value is -1.85. The molecule has 24 heavy (non-hydrogen) atoms.